The average molecular weight is 230 g/mol. The number of carbonyl (C=O) groups excluding carboxylic acids is 2. The second-order valence-electron chi connectivity index (χ2n) is 4.13. The molecule has 0 spiro atoms. The maximum absolute atomic E-state index is 11.9. The molecular weight excluding hydrogens is 208 g/mol. The predicted molar refractivity (Wildman–Crippen MR) is 61.8 cm³/mol. The van der Waals surface area contributed by atoms with Gasteiger partial charge in [0.05, 0.1) is 12.1 Å². The van der Waals surface area contributed by atoms with E-state index in [2.05, 4.69) is 0 Å². The topological polar surface area (TPSA) is 72.6 Å². The van der Waals surface area contributed by atoms with Crippen LogP contribution in [0.4, 0.5) is 0 Å². The van der Waals surface area contributed by atoms with Crippen LogP contribution in [0.1, 0.15) is 33.6 Å². The van der Waals surface area contributed by atoms with Gasteiger partial charge >= 0.3 is 5.97 Å². The van der Waals surface area contributed by atoms with Crippen LogP contribution in [-0.4, -0.2) is 42.5 Å². The molecule has 0 radical (unpaired) electrons. The number of esters is 1. The number of nitrogens with two attached hydrogens (primary N) is 1. The number of hydrogen-bond donors (Lipinski definition) is 1. The molecule has 0 rings (SSSR count). The van der Waals surface area contributed by atoms with Crippen LogP contribution < -0.4 is 5.73 Å². The fraction of sp³-hybridized carbons (Fsp3) is 0.818. The van der Waals surface area contributed by atoms with Crippen LogP contribution in [0.2, 0.25) is 0 Å². The fourth-order valence-corrected chi connectivity index (χ4v) is 1.53. The Hall–Kier alpha value is -1.10. The van der Waals surface area contributed by atoms with Gasteiger partial charge in [-0.15, -0.1) is 0 Å². The molecule has 94 valence electrons. The summed E-state index contributed by atoms with van der Waals surface area (Å²) in [6, 6.07) is 0. The largest absolute Gasteiger partial charge is 0.465 e. The van der Waals surface area contributed by atoms with Gasteiger partial charge in [0, 0.05) is 7.05 Å². The highest BCUT2D eigenvalue weighted by Gasteiger charge is 2.30. The van der Waals surface area contributed by atoms with E-state index in [4.69, 9.17) is 10.5 Å². The lowest BCUT2D eigenvalue weighted by Gasteiger charge is -2.28. The number of carbonyl (C=O) groups is 2. The quantitative estimate of drug-likeness (QED) is 0.675. The van der Waals surface area contributed by atoms with Crippen molar-refractivity contribution < 1.29 is 14.3 Å². The zero-order valence-corrected chi connectivity index (χ0v) is 10.6. The van der Waals surface area contributed by atoms with Crippen molar-refractivity contribution in [3.8, 4) is 0 Å². The van der Waals surface area contributed by atoms with E-state index in [1.165, 1.54) is 4.90 Å². The van der Waals surface area contributed by atoms with Gasteiger partial charge in [-0.1, -0.05) is 13.3 Å². The third kappa shape index (κ3) is 4.61. The Morgan fingerprint density at radius 2 is 1.94 bits per heavy atom. The smallest absolute Gasteiger partial charge is 0.325 e. The van der Waals surface area contributed by atoms with Crippen molar-refractivity contribution in [3.63, 3.8) is 0 Å². The monoisotopic (exact) mass is 230 g/mol. The van der Waals surface area contributed by atoms with E-state index in [0.717, 1.165) is 6.42 Å². The number of amides is 1. The molecule has 1 atom stereocenters. The molecule has 5 nitrogen and oxygen atoms in total. The molecule has 1 amide bonds. The molecule has 0 bridgehead atoms. The summed E-state index contributed by atoms with van der Waals surface area (Å²) in [4.78, 5) is 24.4. The van der Waals surface area contributed by atoms with Gasteiger partial charge in [0.25, 0.3) is 0 Å². The summed E-state index contributed by atoms with van der Waals surface area (Å²) in [6.07, 6.45) is 1.42. The van der Waals surface area contributed by atoms with Crippen LogP contribution in [-0.2, 0) is 14.3 Å². The minimum atomic E-state index is -0.907. The highest BCUT2D eigenvalue weighted by Crippen LogP contribution is 2.11. The molecule has 16 heavy (non-hydrogen) atoms. The Labute approximate surface area is 96.9 Å². The molecular formula is C11H22N2O3. The van der Waals surface area contributed by atoms with E-state index < -0.39 is 11.5 Å². The summed E-state index contributed by atoms with van der Waals surface area (Å²) in [6.45, 7) is 5.63. The summed E-state index contributed by atoms with van der Waals surface area (Å²) in [5, 5.41) is 0. The second-order valence-corrected chi connectivity index (χ2v) is 4.13. The summed E-state index contributed by atoms with van der Waals surface area (Å²) < 4.78 is 4.76. The van der Waals surface area contributed by atoms with Crippen molar-refractivity contribution in [2.45, 2.75) is 39.2 Å². The zero-order valence-electron chi connectivity index (χ0n) is 10.6. The van der Waals surface area contributed by atoms with Crippen molar-refractivity contribution in [1.29, 1.82) is 0 Å². The van der Waals surface area contributed by atoms with E-state index >= 15 is 0 Å². The van der Waals surface area contributed by atoms with Crippen LogP contribution >= 0.6 is 0 Å². The van der Waals surface area contributed by atoms with E-state index in [0.29, 0.717) is 13.0 Å². The molecule has 0 aliphatic rings. The van der Waals surface area contributed by atoms with Crippen LogP contribution in [0.3, 0.4) is 0 Å². The molecule has 0 aromatic carbocycles. The molecule has 5 heteroatoms. The first-order valence-corrected chi connectivity index (χ1v) is 5.55. The minimum Gasteiger partial charge on any atom is -0.465 e. The Morgan fingerprint density at radius 3 is 2.38 bits per heavy atom. The van der Waals surface area contributed by atoms with Gasteiger partial charge in [-0.25, -0.2) is 0 Å². The Morgan fingerprint density at radius 1 is 1.38 bits per heavy atom. The molecule has 0 aliphatic carbocycles. The van der Waals surface area contributed by atoms with Crippen molar-refractivity contribution in [3.05, 3.63) is 0 Å². The third-order valence-electron chi connectivity index (χ3n) is 2.28. The van der Waals surface area contributed by atoms with E-state index in [1.807, 2.05) is 6.92 Å². The summed E-state index contributed by atoms with van der Waals surface area (Å²) in [5.41, 5.74) is 4.97. The lowest BCUT2D eigenvalue weighted by Crippen LogP contribution is -2.53. The second kappa shape index (κ2) is 6.48. The number of rotatable bonds is 6. The Balaban J connectivity index is 4.32. The van der Waals surface area contributed by atoms with Crippen LogP contribution in [0, 0.1) is 0 Å². The van der Waals surface area contributed by atoms with Gasteiger partial charge in [-0.2, -0.15) is 0 Å². The molecule has 0 aromatic rings. The van der Waals surface area contributed by atoms with Crippen molar-refractivity contribution in [2.75, 3.05) is 20.2 Å². The van der Waals surface area contributed by atoms with Gasteiger partial charge in [0.15, 0.2) is 0 Å². The average Bonchev–Trinajstić information content (AvgIpc) is 2.16. The normalized spacial score (nSPS) is 14.1. The lowest BCUT2D eigenvalue weighted by atomic mass is 9.96. The van der Waals surface area contributed by atoms with Crippen LogP contribution in [0.5, 0.6) is 0 Å². The standard InChI is InChI=1S/C11H22N2O3/c1-5-7-11(3,12)10(15)13(4)8-9(14)16-6-2/h5-8,12H2,1-4H3. The van der Waals surface area contributed by atoms with Crippen molar-refractivity contribution in [2.24, 2.45) is 5.73 Å². The van der Waals surface area contributed by atoms with Gasteiger partial charge in [0.1, 0.15) is 6.54 Å². The summed E-state index contributed by atoms with van der Waals surface area (Å²) in [7, 11) is 1.56. The van der Waals surface area contributed by atoms with Gasteiger partial charge < -0.3 is 15.4 Å². The molecule has 0 aromatic heterocycles. The molecule has 2 N–H and O–H groups in total. The maximum atomic E-state index is 11.9. The van der Waals surface area contributed by atoms with Gasteiger partial charge in [0.2, 0.25) is 5.91 Å². The van der Waals surface area contributed by atoms with Crippen molar-refractivity contribution in [1.82, 2.24) is 4.90 Å². The lowest BCUT2D eigenvalue weighted by molar-refractivity contribution is -0.149. The summed E-state index contributed by atoms with van der Waals surface area (Å²) in [5.74, 6) is -0.645. The van der Waals surface area contributed by atoms with E-state index in [1.54, 1.807) is 20.9 Å². The molecule has 0 saturated heterocycles. The van der Waals surface area contributed by atoms with E-state index in [-0.39, 0.29) is 12.5 Å². The molecule has 0 heterocycles. The molecule has 1 unspecified atom stereocenters. The minimum absolute atomic E-state index is 0.0524. The first-order valence-electron chi connectivity index (χ1n) is 5.55. The van der Waals surface area contributed by atoms with Crippen LogP contribution in [0.15, 0.2) is 0 Å². The highest BCUT2D eigenvalue weighted by atomic mass is 16.5. The fourth-order valence-electron chi connectivity index (χ4n) is 1.53. The first kappa shape index (κ1) is 14.9. The number of likely N-dealkylation sites (N-methyl/N-ethyl adjacent to an activating group) is 1. The SMILES string of the molecule is CCCC(C)(N)C(=O)N(C)CC(=O)OCC. The highest BCUT2D eigenvalue weighted by molar-refractivity contribution is 5.88. The number of nitrogens with zero attached hydrogens (tertiary/aromatic N) is 1. The van der Waals surface area contributed by atoms with Crippen LogP contribution in [0.25, 0.3) is 0 Å². The zero-order chi connectivity index (χ0) is 12.8. The third-order valence-corrected chi connectivity index (χ3v) is 2.28. The first-order chi connectivity index (χ1) is 7.35. The van der Waals surface area contributed by atoms with E-state index in [9.17, 15) is 9.59 Å². The molecule has 0 fully saturated rings. The molecule has 0 saturated carbocycles. The van der Waals surface area contributed by atoms with Gasteiger partial charge in [-0.05, 0) is 20.3 Å². The number of hydrogen-bond acceptors (Lipinski definition) is 4. The van der Waals surface area contributed by atoms with Gasteiger partial charge in [-0.3, -0.25) is 9.59 Å². The Kier molecular flexibility index (Phi) is 6.03. The molecule has 0 aliphatic heterocycles. The Bertz CT molecular complexity index is 252. The predicted octanol–water partition coefficient (Wildman–Crippen LogP) is 0.525. The summed E-state index contributed by atoms with van der Waals surface area (Å²) >= 11 is 0. The number of ether oxygens (including phenoxy) is 1. The van der Waals surface area contributed by atoms with Crippen molar-refractivity contribution >= 4 is 11.9 Å². The maximum Gasteiger partial charge on any atom is 0.325 e.